The van der Waals surface area contributed by atoms with Crippen LogP contribution in [0.4, 0.5) is 0 Å². The zero-order valence-corrected chi connectivity index (χ0v) is 11.4. The first-order chi connectivity index (χ1) is 8.24. The van der Waals surface area contributed by atoms with Gasteiger partial charge in [-0.1, -0.05) is 13.8 Å². The van der Waals surface area contributed by atoms with Crippen molar-refractivity contribution in [3.05, 3.63) is 17.5 Å². The minimum Gasteiger partial charge on any atom is -0.314 e. The van der Waals surface area contributed by atoms with Crippen molar-refractivity contribution in [1.29, 1.82) is 0 Å². The van der Waals surface area contributed by atoms with E-state index >= 15 is 0 Å². The molecule has 17 heavy (non-hydrogen) atoms. The Kier molecular flexibility index (Phi) is 4.21. The number of rotatable bonds is 7. The van der Waals surface area contributed by atoms with Crippen LogP contribution in [0.5, 0.6) is 0 Å². The van der Waals surface area contributed by atoms with Crippen LogP contribution in [0.1, 0.15) is 57.5 Å². The molecule has 1 saturated carbocycles. The number of nitrogens with zero attached hydrogens (tertiary/aromatic N) is 2. The monoisotopic (exact) mass is 235 g/mol. The van der Waals surface area contributed by atoms with Crippen LogP contribution in [0.15, 0.2) is 6.07 Å². The van der Waals surface area contributed by atoms with Gasteiger partial charge in [0.2, 0.25) is 0 Å². The third kappa shape index (κ3) is 3.32. The Morgan fingerprint density at radius 2 is 2.18 bits per heavy atom. The molecule has 1 unspecified atom stereocenters. The minimum atomic E-state index is 0.511. The Bertz CT molecular complexity index is 352. The predicted molar refractivity (Wildman–Crippen MR) is 71.3 cm³/mol. The van der Waals surface area contributed by atoms with E-state index in [0.717, 1.165) is 25.4 Å². The summed E-state index contributed by atoms with van der Waals surface area (Å²) in [7, 11) is 0. The second-order valence-corrected chi connectivity index (χ2v) is 5.14. The molecule has 0 aromatic carbocycles. The normalized spacial score (nSPS) is 17.4. The van der Waals surface area contributed by atoms with Gasteiger partial charge in [-0.2, -0.15) is 5.10 Å². The molecule has 96 valence electrons. The third-order valence-electron chi connectivity index (χ3n) is 3.58. The largest absolute Gasteiger partial charge is 0.314 e. The summed E-state index contributed by atoms with van der Waals surface area (Å²) in [6.45, 7) is 7.78. The van der Waals surface area contributed by atoms with Crippen LogP contribution >= 0.6 is 0 Å². The average molecular weight is 235 g/mol. The first-order valence-corrected chi connectivity index (χ1v) is 7.05. The molecule has 0 spiro atoms. The van der Waals surface area contributed by atoms with Crippen LogP contribution < -0.4 is 5.32 Å². The highest BCUT2D eigenvalue weighted by atomic mass is 15.3. The molecule has 3 heteroatoms. The van der Waals surface area contributed by atoms with E-state index in [1.165, 1.54) is 30.7 Å². The minimum absolute atomic E-state index is 0.511. The molecule has 0 aliphatic heterocycles. The molecule has 1 aromatic rings. The third-order valence-corrected chi connectivity index (χ3v) is 3.58. The zero-order chi connectivity index (χ0) is 12.3. The predicted octanol–water partition coefficient (Wildman–Crippen LogP) is 2.71. The van der Waals surface area contributed by atoms with Gasteiger partial charge in [-0.25, -0.2) is 0 Å². The van der Waals surface area contributed by atoms with E-state index in [1.54, 1.807) is 0 Å². The Morgan fingerprint density at radius 3 is 2.76 bits per heavy atom. The number of aryl methyl sites for hydroxylation is 2. The summed E-state index contributed by atoms with van der Waals surface area (Å²) in [6, 6.07) is 3.58. The smallest absolute Gasteiger partial charge is 0.0624 e. The molecule has 0 bridgehead atoms. The lowest BCUT2D eigenvalue weighted by molar-refractivity contribution is 0.429. The van der Waals surface area contributed by atoms with Gasteiger partial charge in [0.15, 0.2) is 0 Å². The Morgan fingerprint density at radius 1 is 1.41 bits per heavy atom. The fourth-order valence-corrected chi connectivity index (χ4v) is 2.21. The summed E-state index contributed by atoms with van der Waals surface area (Å²) in [5.41, 5.74) is 2.60. The fourth-order valence-electron chi connectivity index (χ4n) is 2.21. The van der Waals surface area contributed by atoms with Crippen molar-refractivity contribution >= 4 is 0 Å². The highest BCUT2D eigenvalue weighted by Gasteiger charge is 2.20. The molecule has 1 aliphatic carbocycles. The molecule has 1 fully saturated rings. The maximum atomic E-state index is 4.70. The second-order valence-electron chi connectivity index (χ2n) is 5.14. The van der Waals surface area contributed by atoms with Gasteiger partial charge in [0.1, 0.15) is 0 Å². The molecule has 0 saturated heterocycles. The fraction of sp³-hybridized carbons (Fsp3) is 0.786. The van der Waals surface area contributed by atoms with E-state index in [4.69, 9.17) is 5.10 Å². The van der Waals surface area contributed by atoms with E-state index in [1.807, 2.05) is 0 Å². The molecule has 2 rings (SSSR count). The molecule has 1 heterocycles. The van der Waals surface area contributed by atoms with Gasteiger partial charge in [-0.3, -0.25) is 4.68 Å². The lowest BCUT2D eigenvalue weighted by Crippen LogP contribution is -2.21. The number of hydrogen-bond acceptors (Lipinski definition) is 2. The van der Waals surface area contributed by atoms with Crippen LogP contribution in [-0.2, 0) is 12.8 Å². The Hall–Kier alpha value is -0.830. The maximum absolute atomic E-state index is 4.70. The molecule has 3 nitrogen and oxygen atoms in total. The van der Waals surface area contributed by atoms with Crippen molar-refractivity contribution in [1.82, 2.24) is 15.1 Å². The van der Waals surface area contributed by atoms with Crippen LogP contribution in [-0.4, -0.2) is 22.4 Å². The van der Waals surface area contributed by atoms with Crippen LogP contribution in [0, 0.1) is 0 Å². The Labute approximate surface area is 105 Å². The first-order valence-electron chi connectivity index (χ1n) is 7.05. The van der Waals surface area contributed by atoms with Gasteiger partial charge in [0, 0.05) is 11.7 Å². The average Bonchev–Trinajstić information content (AvgIpc) is 3.06. The highest BCUT2D eigenvalue weighted by Crippen LogP contribution is 2.20. The molecule has 1 aliphatic rings. The summed E-state index contributed by atoms with van der Waals surface area (Å²) in [5, 5.41) is 8.28. The van der Waals surface area contributed by atoms with Crippen molar-refractivity contribution in [3.63, 3.8) is 0 Å². The van der Waals surface area contributed by atoms with E-state index < -0.39 is 0 Å². The van der Waals surface area contributed by atoms with Crippen LogP contribution in [0.2, 0.25) is 0 Å². The number of nitrogens with one attached hydrogen (secondary N) is 1. The summed E-state index contributed by atoms with van der Waals surface area (Å²) in [5.74, 6) is 0. The summed E-state index contributed by atoms with van der Waals surface area (Å²) >= 11 is 0. The highest BCUT2D eigenvalue weighted by molar-refractivity contribution is 5.11. The number of hydrogen-bond donors (Lipinski definition) is 1. The Balaban J connectivity index is 1.90. The zero-order valence-electron chi connectivity index (χ0n) is 11.4. The van der Waals surface area contributed by atoms with Gasteiger partial charge in [-0.15, -0.1) is 0 Å². The standard InChI is InChI=1S/C14H25N3/c1-4-12-10-14(5-2)17(16-12)11(3)8-9-15-13-6-7-13/h10-11,13,15H,4-9H2,1-3H3. The molecule has 0 radical (unpaired) electrons. The van der Waals surface area contributed by atoms with Crippen molar-refractivity contribution in [3.8, 4) is 0 Å². The van der Waals surface area contributed by atoms with Crippen LogP contribution in [0.25, 0.3) is 0 Å². The SMILES string of the molecule is CCc1cc(CC)n(C(C)CCNC2CC2)n1. The van der Waals surface area contributed by atoms with E-state index in [9.17, 15) is 0 Å². The summed E-state index contributed by atoms with van der Waals surface area (Å²) < 4.78 is 2.23. The summed E-state index contributed by atoms with van der Waals surface area (Å²) in [4.78, 5) is 0. The van der Waals surface area contributed by atoms with Gasteiger partial charge in [0.25, 0.3) is 0 Å². The van der Waals surface area contributed by atoms with Crippen molar-refractivity contribution in [2.75, 3.05) is 6.54 Å². The lowest BCUT2D eigenvalue weighted by atomic mass is 10.2. The molecule has 1 atom stereocenters. The lowest BCUT2D eigenvalue weighted by Gasteiger charge is -2.15. The van der Waals surface area contributed by atoms with Crippen molar-refractivity contribution in [2.45, 2.75) is 65.0 Å². The molecule has 0 amide bonds. The summed E-state index contributed by atoms with van der Waals surface area (Å²) in [6.07, 6.45) is 6.03. The van der Waals surface area contributed by atoms with Gasteiger partial charge >= 0.3 is 0 Å². The first kappa shape index (κ1) is 12.6. The number of aromatic nitrogens is 2. The van der Waals surface area contributed by atoms with E-state index in [0.29, 0.717) is 6.04 Å². The topological polar surface area (TPSA) is 29.9 Å². The van der Waals surface area contributed by atoms with E-state index in [-0.39, 0.29) is 0 Å². The van der Waals surface area contributed by atoms with Crippen LogP contribution in [0.3, 0.4) is 0 Å². The van der Waals surface area contributed by atoms with Crippen molar-refractivity contribution < 1.29 is 0 Å². The second kappa shape index (κ2) is 5.67. The van der Waals surface area contributed by atoms with Gasteiger partial charge in [0.05, 0.1) is 11.7 Å². The molecular formula is C14H25N3. The molecular weight excluding hydrogens is 210 g/mol. The van der Waals surface area contributed by atoms with E-state index in [2.05, 4.69) is 36.8 Å². The van der Waals surface area contributed by atoms with Gasteiger partial charge in [-0.05, 0) is 51.6 Å². The molecule has 1 N–H and O–H groups in total. The quantitative estimate of drug-likeness (QED) is 0.787. The van der Waals surface area contributed by atoms with Crippen molar-refractivity contribution in [2.24, 2.45) is 0 Å². The van der Waals surface area contributed by atoms with Gasteiger partial charge < -0.3 is 5.32 Å². The molecule has 1 aromatic heterocycles. The maximum Gasteiger partial charge on any atom is 0.0624 e.